The van der Waals surface area contributed by atoms with Crippen molar-refractivity contribution in [1.29, 1.82) is 0 Å². The van der Waals surface area contributed by atoms with Gasteiger partial charge in [-0.05, 0) is 49.9 Å². The topological polar surface area (TPSA) is 92.1 Å². The summed E-state index contributed by atoms with van der Waals surface area (Å²) in [5.41, 5.74) is 4.90. The summed E-state index contributed by atoms with van der Waals surface area (Å²) in [6.45, 7) is 5.89. The largest absolute Gasteiger partial charge is 0.368 e. The summed E-state index contributed by atoms with van der Waals surface area (Å²) in [6.07, 6.45) is 5.50. The standard InChI is InChI=1S/C25H25FN8O/c1-17-6-7-19(28-25(35)21-4-3-5-24(26)29-21)13-23(17)34-16-22(30-31-34)18-12-20(15-27-14-18)33-10-8-32(2)9-11-33/h3-7,12-16H,8-11H2,1-2H3,(H,28,35). The molecule has 1 amide bonds. The Morgan fingerprint density at radius 2 is 1.89 bits per heavy atom. The third kappa shape index (κ3) is 5.02. The first-order chi connectivity index (χ1) is 17.0. The molecule has 10 heteroatoms. The van der Waals surface area contributed by atoms with Crippen molar-refractivity contribution < 1.29 is 9.18 Å². The van der Waals surface area contributed by atoms with Gasteiger partial charge in [0.2, 0.25) is 5.95 Å². The first kappa shape index (κ1) is 22.6. The molecule has 9 nitrogen and oxygen atoms in total. The predicted octanol–water partition coefficient (Wildman–Crippen LogP) is 3.18. The number of piperazine rings is 1. The van der Waals surface area contributed by atoms with Crippen LogP contribution in [0.4, 0.5) is 15.8 Å². The molecule has 0 atom stereocenters. The van der Waals surface area contributed by atoms with E-state index in [9.17, 15) is 9.18 Å². The number of nitrogens with one attached hydrogen (secondary N) is 1. The molecule has 4 aromatic rings. The number of hydrogen-bond acceptors (Lipinski definition) is 7. The SMILES string of the molecule is Cc1ccc(NC(=O)c2cccc(F)n2)cc1-n1cc(-c2cncc(N3CCN(C)CC3)c2)nn1. The van der Waals surface area contributed by atoms with Crippen molar-refractivity contribution in [2.45, 2.75) is 6.92 Å². The van der Waals surface area contributed by atoms with E-state index in [-0.39, 0.29) is 5.69 Å². The van der Waals surface area contributed by atoms with Crippen LogP contribution in [0.5, 0.6) is 0 Å². The highest BCUT2D eigenvalue weighted by atomic mass is 19.1. The molecule has 1 fully saturated rings. The Hall–Kier alpha value is -4.18. The summed E-state index contributed by atoms with van der Waals surface area (Å²) < 4.78 is 15.0. The van der Waals surface area contributed by atoms with Crippen LogP contribution in [-0.2, 0) is 0 Å². The van der Waals surface area contributed by atoms with Crippen LogP contribution < -0.4 is 10.2 Å². The lowest BCUT2D eigenvalue weighted by Gasteiger charge is -2.33. The number of halogens is 1. The maximum absolute atomic E-state index is 13.4. The Morgan fingerprint density at radius 3 is 2.69 bits per heavy atom. The van der Waals surface area contributed by atoms with Crippen LogP contribution in [0.15, 0.2) is 61.1 Å². The van der Waals surface area contributed by atoms with E-state index in [0.717, 1.165) is 48.7 Å². The molecule has 3 aromatic heterocycles. The molecule has 0 bridgehead atoms. The molecule has 0 saturated carbocycles. The lowest BCUT2D eigenvalue weighted by atomic mass is 10.1. The fourth-order valence-electron chi connectivity index (χ4n) is 3.98. The van der Waals surface area contributed by atoms with Crippen molar-refractivity contribution >= 4 is 17.3 Å². The minimum absolute atomic E-state index is 0.00268. The molecular weight excluding hydrogens is 447 g/mol. The molecule has 0 spiro atoms. The molecule has 1 N–H and O–H groups in total. The molecule has 0 radical (unpaired) electrons. The van der Waals surface area contributed by atoms with E-state index in [2.05, 4.69) is 48.5 Å². The van der Waals surface area contributed by atoms with Gasteiger partial charge in [-0.3, -0.25) is 9.78 Å². The second-order valence-corrected chi connectivity index (χ2v) is 8.57. The Kier molecular flexibility index (Phi) is 6.19. The molecule has 1 aromatic carbocycles. The first-order valence-corrected chi connectivity index (χ1v) is 11.3. The third-order valence-electron chi connectivity index (χ3n) is 6.04. The first-order valence-electron chi connectivity index (χ1n) is 11.3. The van der Waals surface area contributed by atoms with E-state index >= 15 is 0 Å². The van der Waals surface area contributed by atoms with Gasteiger partial charge >= 0.3 is 0 Å². The quantitative estimate of drug-likeness (QED) is 0.446. The van der Waals surface area contributed by atoms with E-state index in [4.69, 9.17) is 0 Å². The van der Waals surface area contributed by atoms with Gasteiger partial charge in [0.25, 0.3) is 5.91 Å². The molecule has 0 unspecified atom stereocenters. The van der Waals surface area contributed by atoms with Crippen molar-refractivity contribution in [2.24, 2.45) is 0 Å². The minimum atomic E-state index is -0.705. The van der Waals surface area contributed by atoms with Gasteiger partial charge in [-0.2, -0.15) is 4.39 Å². The zero-order chi connectivity index (χ0) is 24.4. The summed E-state index contributed by atoms with van der Waals surface area (Å²) in [4.78, 5) is 25.2. The van der Waals surface area contributed by atoms with Gasteiger partial charge in [0, 0.05) is 43.6 Å². The number of aryl methyl sites for hydroxylation is 1. The third-order valence-corrected chi connectivity index (χ3v) is 6.04. The van der Waals surface area contributed by atoms with Gasteiger partial charge in [-0.15, -0.1) is 5.10 Å². The minimum Gasteiger partial charge on any atom is -0.368 e. The van der Waals surface area contributed by atoms with Crippen LogP contribution in [-0.4, -0.2) is 69.0 Å². The summed E-state index contributed by atoms with van der Waals surface area (Å²) in [7, 11) is 2.13. The maximum Gasteiger partial charge on any atom is 0.274 e. The number of rotatable bonds is 5. The smallest absolute Gasteiger partial charge is 0.274 e. The Balaban J connectivity index is 1.37. The van der Waals surface area contributed by atoms with E-state index in [1.165, 1.54) is 18.2 Å². The number of carbonyl (C=O) groups is 1. The van der Waals surface area contributed by atoms with Crippen LogP contribution in [0.3, 0.4) is 0 Å². The average Bonchev–Trinajstić information content (AvgIpc) is 3.36. The van der Waals surface area contributed by atoms with Crippen molar-refractivity contribution in [3.63, 3.8) is 0 Å². The second kappa shape index (κ2) is 9.59. The van der Waals surface area contributed by atoms with Crippen molar-refractivity contribution in [3.05, 3.63) is 78.3 Å². The zero-order valence-electron chi connectivity index (χ0n) is 19.5. The number of benzene rings is 1. The lowest BCUT2D eigenvalue weighted by Crippen LogP contribution is -2.44. The number of hydrogen-bond donors (Lipinski definition) is 1. The summed E-state index contributed by atoms with van der Waals surface area (Å²) in [5.74, 6) is -1.20. The van der Waals surface area contributed by atoms with Crippen molar-refractivity contribution in [3.8, 4) is 16.9 Å². The molecule has 0 aliphatic carbocycles. The van der Waals surface area contributed by atoms with Gasteiger partial charge in [0.1, 0.15) is 11.4 Å². The number of carbonyl (C=O) groups excluding carboxylic acids is 1. The second-order valence-electron chi connectivity index (χ2n) is 8.57. The summed E-state index contributed by atoms with van der Waals surface area (Å²) in [5, 5.41) is 11.4. The zero-order valence-corrected chi connectivity index (χ0v) is 19.5. The van der Waals surface area contributed by atoms with E-state index in [1.807, 2.05) is 25.4 Å². The van der Waals surface area contributed by atoms with Gasteiger partial charge in [-0.1, -0.05) is 17.3 Å². The van der Waals surface area contributed by atoms with Gasteiger partial charge in [0.15, 0.2) is 0 Å². The van der Waals surface area contributed by atoms with Crippen molar-refractivity contribution in [2.75, 3.05) is 43.4 Å². The average molecular weight is 473 g/mol. The molecule has 1 aliphatic heterocycles. The van der Waals surface area contributed by atoms with E-state index in [1.54, 1.807) is 23.0 Å². The predicted molar refractivity (Wildman–Crippen MR) is 131 cm³/mol. The lowest BCUT2D eigenvalue weighted by molar-refractivity contribution is 0.102. The molecule has 5 rings (SSSR count). The highest BCUT2D eigenvalue weighted by Gasteiger charge is 2.16. The normalized spacial score (nSPS) is 14.2. The number of pyridine rings is 2. The summed E-state index contributed by atoms with van der Waals surface area (Å²) in [6, 6.07) is 11.6. The number of likely N-dealkylation sites (N-methyl/N-ethyl adjacent to an activating group) is 1. The number of nitrogens with zero attached hydrogens (tertiary/aromatic N) is 7. The summed E-state index contributed by atoms with van der Waals surface area (Å²) >= 11 is 0. The van der Waals surface area contributed by atoms with Gasteiger partial charge in [0.05, 0.1) is 23.8 Å². The number of aromatic nitrogens is 5. The Morgan fingerprint density at radius 1 is 1.06 bits per heavy atom. The van der Waals surface area contributed by atoms with Crippen LogP contribution in [0.2, 0.25) is 0 Å². The highest BCUT2D eigenvalue weighted by Crippen LogP contribution is 2.25. The van der Waals surface area contributed by atoms with Gasteiger partial charge in [-0.25, -0.2) is 9.67 Å². The molecule has 35 heavy (non-hydrogen) atoms. The molecule has 1 saturated heterocycles. The Labute approximate surface area is 202 Å². The fraction of sp³-hybridized carbons (Fsp3) is 0.240. The number of anilines is 2. The van der Waals surface area contributed by atoms with Crippen LogP contribution in [0.1, 0.15) is 16.1 Å². The molecule has 4 heterocycles. The fourth-order valence-corrected chi connectivity index (χ4v) is 3.98. The van der Waals surface area contributed by atoms with E-state index in [0.29, 0.717) is 11.4 Å². The Bertz CT molecular complexity index is 1360. The number of amides is 1. The molecular formula is C25H25FN8O. The van der Waals surface area contributed by atoms with E-state index < -0.39 is 11.9 Å². The van der Waals surface area contributed by atoms with Gasteiger partial charge < -0.3 is 15.1 Å². The molecule has 1 aliphatic rings. The maximum atomic E-state index is 13.4. The van der Waals surface area contributed by atoms with Crippen molar-refractivity contribution in [1.82, 2.24) is 29.9 Å². The van der Waals surface area contributed by atoms with Crippen LogP contribution in [0.25, 0.3) is 16.9 Å². The highest BCUT2D eigenvalue weighted by molar-refractivity contribution is 6.03. The van der Waals surface area contributed by atoms with Crippen LogP contribution >= 0.6 is 0 Å². The van der Waals surface area contributed by atoms with Crippen LogP contribution in [0, 0.1) is 12.9 Å². The molecule has 178 valence electrons. The monoisotopic (exact) mass is 472 g/mol.